The highest BCUT2D eigenvalue weighted by Crippen LogP contribution is 2.30. The van der Waals surface area contributed by atoms with E-state index in [0.29, 0.717) is 12.8 Å². The summed E-state index contributed by atoms with van der Waals surface area (Å²) >= 11 is 0. The van der Waals surface area contributed by atoms with Gasteiger partial charge in [0, 0.05) is 6.04 Å². The van der Waals surface area contributed by atoms with Crippen molar-refractivity contribution in [3.63, 3.8) is 0 Å². The van der Waals surface area contributed by atoms with Crippen LogP contribution in [0.4, 0.5) is 0 Å². The van der Waals surface area contributed by atoms with E-state index in [4.69, 9.17) is 15.9 Å². The number of aliphatic carboxylic acids is 2. The molecule has 0 rings (SSSR count). The SMILES string of the molecule is CC(C(=O)O)C(N)CCC(C(=O)O)C(C)(C)C. The standard InChI is InChI=1S/C12H23NO4/c1-7(10(14)15)9(13)6-5-8(11(16)17)12(2,3)4/h7-9H,5-6,13H2,1-4H3,(H,14,15)(H,16,17). The average molecular weight is 245 g/mol. The summed E-state index contributed by atoms with van der Waals surface area (Å²) in [4.78, 5) is 21.8. The number of carboxylic acid groups (broad SMARTS) is 2. The number of carbonyl (C=O) groups is 2. The summed E-state index contributed by atoms with van der Waals surface area (Å²) in [5.41, 5.74) is 5.39. The Kier molecular flexibility index (Phi) is 5.61. The van der Waals surface area contributed by atoms with Gasteiger partial charge in [-0.3, -0.25) is 9.59 Å². The van der Waals surface area contributed by atoms with Gasteiger partial charge in [-0.25, -0.2) is 0 Å². The minimum Gasteiger partial charge on any atom is -0.481 e. The Balaban J connectivity index is 4.43. The zero-order valence-corrected chi connectivity index (χ0v) is 10.9. The largest absolute Gasteiger partial charge is 0.481 e. The third-order valence-electron chi connectivity index (χ3n) is 3.16. The maximum Gasteiger partial charge on any atom is 0.307 e. The maximum atomic E-state index is 11.1. The van der Waals surface area contributed by atoms with Crippen molar-refractivity contribution >= 4 is 11.9 Å². The van der Waals surface area contributed by atoms with Crippen LogP contribution < -0.4 is 5.73 Å². The van der Waals surface area contributed by atoms with Crippen LogP contribution in [0, 0.1) is 17.3 Å². The van der Waals surface area contributed by atoms with Gasteiger partial charge in [-0.2, -0.15) is 0 Å². The molecule has 0 aromatic heterocycles. The Morgan fingerprint density at radius 3 is 1.88 bits per heavy atom. The molecule has 17 heavy (non-hydrogen) atoms. The van der Waals surface area contributed by atoms with Gasteiger partial charge in [-0.05, 0) is 18.3 Å². The lowest BCUT2D eigenvalue weighted by molar-refractivity contribution is -0.145. The van der Waals surface area contributed by atoms with Gasteiger partial charge >= 0.3 is 11.9 Å². The van der Waals surface area contributed by atoms with Crippen LogP contribution in [0.3, 0.4) is 0 Å². The molecule has 0 saturated heterocycles. The predicted octanol–water partition coefficient (Wildman–Crippen LogP) is 1.56. The molecule has 0 heterocycles. The Morgan fingerprint density at radius 2 is 1.59 bits per heavy atom. The molecule has 0 aromatic carbocycles. The molecule has 0 amide bonds. The van der Waals surface area contributed by atoms with Gasteiger partial charge in [-0.15, -0.1) is 0 Å². The Labute approximate surface area is 102 Å². The second kappa shape index (κ2) is 6.00. The third kappa shape index (κ3) is 5.17. The molecule has 5 nitrogen and oxygen atoms in total. The van der Waals surface area contributed by atoms with Gasteiger partial charge in [0.05, 0.1) is 11.8 Å². The van der Waals surface area contributed by atoms with Crippen molar-refractivity contribution in [2.45, 2.75) is 46.6 Å². The monoisotopic (exact) mass is 245 g/mol. The fraction of sp³-hybridized carbons (Fsp3) is 0.833. The van der Waals surface area contributed by atoms with Crippen LogP contribution in [-0.2, 0) is 9.59 Å². The first-order chi connectivity index (χ1) is 7.57. The van der Waals surface area contributed by atoms with Gasteiger partial charge in [0.25, 0.3) is 0 Å². The van der Waals surface area contributed by atoms with Gasteiger partial charge < -0.3 is 15.9 Å². The first kappa shape index (κ1) is 15.9. The highest BCUT2D eigenvalue weighted by molar-refractivity contribution is 5.71. The van der Waals surface area contributed by atoms with Crippen molar-refractivity contribution in [3.05, 3.63) is 0 Å². The van der Waals surface area contributed by atoms with E-state index in [0.717, 1.165) is 0 Å². The molecule has 0 aliphatic heterocycles. The van der Waals surface area contributed by atoms with Crippen LogP contribution in [0.25, 0.3) is 0 Å². The number of hydrogen-bond donors (Lipinski definition) is 3. The number of rotatable bonds is 6. The third-order valence-corrected chi connectivity index (χ3v) is 3.16. The van der Waals surface area contributed by atoms with Crippen LogP contribution >= 0.6 is 0 Å². The van der Waals surface area contributed by atoms with E-state index in [1.807, 2.05) is 20.8 Å². The molecular formula is C12H23NO4. The number of carboxylic acids is 2. The van der Waals surface area contributed by atoms with E-state index >= 15 is 0 Å². The van der Waals surface area contributed by atoms with Crippen molar-refractivity contribution in [3.8, 4) is 0 Å². The molecule has 4 N–H and O–H groups in total. The molecular weight excluding hydrogens is 222 g/mol. The van der Waals surface area contributed by atoms with Crippen LogP contribution in [0.5, 0.6) is 0 Å². The lowest BCUT2D eigenvalue weighted by atomic mass is 9.77. The van der Waals surface area contributed by atoms with E-state index < -0.39 is 29.8 Å². The van der Waals surface area contributed by atoms with Crippen molar-refractivity contribution in [1.82, 2.24) is 0 Å². The molecule has 0 saturated carbocycles. The molecule has 0 spiro atoms. The van der Waals surface area contributed by atoms with E-state index in [9.17, 15) is 9.59 Å². The highest BCUT2D eigenvalue weighted by Gasteiger charge is 2.32. The summed E-state index contributed by atoms with van der Waals surface area (Å²) in [5.74, 6) is -2.95. The highest BCUT2D eigenvalue weighted by atomic mass is 16.4. The first-order valence-electron chi connectivity index (χ1n) is 5.78. The first-order valence-corrected chi connectivity index (χ1v) is 5.78. The zero-order chi connectivity index (χ0) is 13.8. The van der Waals surface area contributed by atoms with Gasteiger partial charge in [0.2, 0.25) is 0 Å². The van der Waals surface area contributed by atoms with Gasteiger partial charge in [0.15, 0.2) is 0 Å². The molecule has 0 aliphatic carbocycles. The summed E-state index contributed by atoms with van der Waals surface area (Å²) in [6, 6.07) is -0.503. The summed E-state index contributed by atoms with van der Waals surface area (Å²) in [6.45, 7) is 7.12. The number of hydrogen-bond acceptors (Lipinski definition) is 3. The van der Waals surface area contributed by atoms with Gasteiger partial charge in [-0.1, -0.05) is 27.7 Å². The molecule has 0 aromatic rings. The fourth-order valence-corrected chi connectivity index (χ4v) is 1.72. The lowest BCUT2D eigenvalue weighted by Crippen LogP contribution is -2.36. The molecule has 0 fully saturated rings. The van der Waals surface area contributed by atoms with E-state index in [-0.39, 0.29) is 5.41 Å². The average Bonchev–Trinajstić information content (AvgIpc) is 2.13. The van der Waals surface area contributed by atoms with Crippen molar-refractivity contribution in [2.75, 3.05) is 0 Å². The van der Waals surface area contributed by atoms with E-state index in [2.05, 4.69) is 0 Å². The molecule has 3 atom stereocenters. The molecule has 100 valence electrons. The normalized spacial score (nSPS) is 17.2. The fourth-order valence-electron chi connectivity index (χ4n) is 1.72. The molecule has 3 unspecified atom stereocenters. The topological polar surface area (TPSA) is 101 Å². The summed E-state index contributed by atoms with van der Waals surface area (Å²) in [6.07, 6.45) is 0.805. The zero-order valence-electron chi connectivity index (χ0n) is 10.9. The molecule has 0 bridgehead atoms. The van der Waals surface area contributed by atoms with Gasteiger partial charge in [0.1, 0.15) is 0 Å². The Morgan fingerprint density at radius 1 is 1.12 bits per heavy atom. The second-order valence-electron chi connectivity index (χ2n) is 5.62. The molecule has 0 aliphatic rings. The Bertz CT molecular complexity index is 283. The van der Waals surface area contributed by atoms with Crippen LogP contribution in [0.2, 0.25) is 0 Å². The molecule has 5 heteroatoms. The smallest absolute Gasteiger partial charge is 0.307 e. The predicted molar refractivity (Wildman–Crippen MR) is 64.6 cm³/mol. The van der Waals surface area contributed by atoms with Crippen molar-refractivity contribution in [1.29, 1.82) is 0 Å². The minimum absolute atomic E-state index is 0.349. The second-order valence-corrected chi connectivity index (χ2v) is 5.62. The van der Waals surface area contributed by atoms with Crippen LogP contribution in [-0.4, -0.2) is 28.2 Å². The summed E-state index contributed by atoms with van der Waals surface area (Å²) < 4.78 is 0. The van der Waals surface area contributed by atoms with Crippen LogP contribution in [0.15, 0.2) is 0 Å². The Hall–Kier alpha value is -1.10. The quantitative estimate of drug-likeness (QED) is 0.659. The maximum absolute atomic E-state index is 11.1. The van der Waals surface area contributed by atoms with E-state index in [1.165, 1.54) is 0 Å². The summed E-state index contributed by atoms with van der Waals surface area (Å²) in [7, 11) is 0. The lowest BCUT2D eigenvalue weighted by Gasteiger charge is -2.28. The minimum atomic E-state index is -0.944. The van der Waals surface area contributed by atoms with Crippen molar-refractivity contribution in [2.24, 2.45) is 23.0 Å². The van der Waals surface area contributed by atoms with Crippen molar-refractivity contribution < 1.29 is 19.8 Å². The number of nitrogens with two attached hydrogens (primary N) is 1. The van der Waals surface area contributed by atoms with Crippen LogP contribution in [0.1, 0.15) is 40.5 Å². The van der Waals surface area contributed by atoms with E-state index in [1.54, 1.807) is 6.92 Å². The summed E-state index contributed by atoms with van der Waals surface area (Å²) in [5, 5.41) is 17.9. The molecule has 0 radical (unpaired) electrons.